The van der Waals surface area contributed by atoms with E-state index < -0.39 is 5.54 Å². The molecule has 18 heavy (non-hydrogen) atoms. The van der Waals surface area contributed by atoms with Gasteiger partial charge in [-0.15, -0.1) is 0 Å². The predicted octanol–water partition coefficient (Wildman–Crippen LogP) is 1.93. The molecular weight excluding hydrogens is 224 g/mol. The second-order valence-corrected chi connectivity index (χ2v) is 5.68. The van der Waals surface area contributed by atoms with Gasteiger partial charge < -0.3 is 11.1 Å². The molecule has 3 heteroatoms. The summed E-state index contributed by atoms with van der Waals surface area (Å²) in [5.74, 6) is 0.507. The molecule has 1 amide bonds. The van der Waals surface area contributed by atoms with E-state index >= 15 is 0 Å². The molecule has 0 bridgehead atoms. The van der Waals surface area contributed by atoms with Crippen molar-refractivity contribution in [1.82, 2.24) is 5.32 Å². The molecule has 96 valence electrons. The quantitative estimate of drug-likeness (QED) is 0.853. The first-order valence-electron chi connectivity index (χ1n) is 6.84. The summed E-state index contributed by atoms with van der Waals surface area (Å²) in [6, 6.07) is 10.7. The molecule has 1 aromatic rings. The first-order chi connectivity index (χ1) is 8.69. The van der Waals surface area contributed by atoms with Crippen LogP contribution in [0.1, 0.15) is 43.6 Å². The van der Waals surface area contributed by atoms with E-state index in [1.54, 1.807) is 0 Å². The summed E-state index contributed by atoms with van der Waals surface area (Å²) in [6.07, 6.45) is 5.08. The summed E-state index contributed by atoms with van der Waals surface area (Å²) < 4.78 is 0. The van der Waals surface area contributed by atoms with E-state index in [2.05, 4.69) is 29.6 Å². The number of benzene rings is 1. The van der Waals surface area contributed by atoms with Crippen LogP contribution in [0.25, 0.3) is 0 Å². The minimum Gasteiger partial charge on any atom is -0.351 e. The van der Waals surface area contributed by atoms with Gasteiger partial charge in [0.1, 0.15) is 0 Å². The SMILES string of the molecule is NC1(C(=O)NC2CCCC2c2ccccc2)CC1. The fourth-order valence-corrected chi connectivity index (χ4v) is 2.91. The van der Waals surface area contributed by atoms with E-state index in [-0.39, 0.29) is 11.9 Å². The minimum atomic E-state index is -0.552. The lowest BCUT2D eigenvalue weighted by Gasteiger charge is -2.23. The van der Waals surface area contributed by atoms with Gasteiger partial charge in [-0.3, -0.25) is 4.79 Å². The van der Waals surface area contributed by atoms with Gasteiger partial charge >= 0.3 is 0 Å². The van der Waals surface area contributed by atoms with Gasteiger partial charge in [0.05, 0.1) is 5.54 Å². The Bertz CT molecular complexity index is 439. The van der Waals surface area contributed by atoms with E-state index in [9.17, 15) is 4.79 Å². The molecule has 3 rings (SSSR count). The molecule has 2 aliphatic rings. The number of hydrogen-bond donors (Lipinski definition) is 2. The Morgan fingerprint density at radius 2 is 1.94 bits per heavy atom. The Hall–Kier alpha value is -1.35. The van der Waals surface area contributed by atoms with Gasteiger partial charge in [0.25, 0.3) is 0 Å². The molecule has 2 aliphatic carbocycles. The van der Waals surface area contributed by atoms with Crippen LogP contribution in [-0.4, -0.2) is 17.5 Å². The number of rotatable bonds is 3. The van der Waals surface area contributed by atoms with Crippen LogP contribution in [-0.2, 0) is 4.79 Å². The van der Waals surface area contributed by atoms with E-state index in [0.717, 1.165) is 25.7 Å². The number of nitrogens with one attached hydrogen (secondary N) is 1. The maximum absolute atomic E-state index is 12.0. The molecule has 3 nitrogen and oxygen atoms in total. The molecule has 2 saturated carbocycles. The van der Waals surface area contributed by atoms with Crippen molar-refractivity contribution >= 4 is 5.91 Å². The zero-order chi connectivity index (χ0) is 12.6. The van der Waals surface area contributed by atoms with Crippen molar-refractivity contribution in [2.45, 2.75) is 49.6 Å². The van der Waals surface area contributed by atoms with Crippen LogP contribution in [0.15, 0.2) is 30.3 Å². The molecule has 2 atom stereocenters. The Kier molecular flexibility index (Phi) is 2.86. The van der Waals surface area contributed by atoms with Crippen LogP contribution in [0, 0.1) is 0 Å². The summed E-state index contributed by atoms with van der Waals surface area (Å²) in [5, 5.41) is 3.17. The van der Waals surface area contributed by atoms with Gasteiger partial charge in [-0.25, -0.2) is 0 Å². The molecule has 0 aliphatic heterocycles. The van der Waals surface area contributed by atoms with Crippen LogP contribution in [0.4, 0.5) is 0 Å². The Morgan fingerprint density at radius 1 is 1.22 bits per heavy atom. The van der Waals surface area contributed by atoms with E-state index in [0.29, 0.717) is 5.92 Å². The summed E-state index contributed by atoms with van der Waals surface area (Å²) >= 11 is 0. The summed E-state index contributed by atoms with van der Waals surface area (Å²) in [6.45, 7) is 0. The Morgan fingerprint density at radius 3 is 2.61 bits per heavy atom. The zero-order valence-corrected chi connectivity index (χ0v) is 10.6. The highest BCUT2D eigenvalue weighted by Crippen LogP contribution is 2.37. The standard InChI is InChI=1S/C15H20N2O/c16-15(9-10-15)14(18)17-13-8-4-7-12(13)11-5-2-1-3-6-11/h1-3,5-6,12-13H,4,7-10,16H2,(H,17,18). The van der Waals surface area contributed by atoms with Crippen LogP contribution < -0.4 is 11.1 Å². The van der Waals surface area contributed by atoms with Gasteiger partial charge in [0.15, 0.2) is 0 Å². The zero-order valence-electron chi connectivity index (χ0n) is 10.6. The highest BCUT2D eigenvalue weighted by Gasteiger charge is 2.47. The van der Waals surface area contributed by atoms with Crippen LogP contribution >= 0.6 is 0 Å². The number of amides is 1. The van der Waals surface area contributed by atoms with E-state index in [1.165, 1.54) is 12.0 Å². The van der Waals surface area contributed by atoms with Gasteiger partial charge in [0, 0.05) is 12.0 Å². The lowest BCUT2D eigenvalue weighted by Crippen LogP contribution is -2.47. The lowest BCUT2D eigenvalue weighted by molar-refractivity contribution is -0.124. The lowest BCUT2D eigenvalue weighted by atomic mass is 9.94. The molecule has 3 N–H and O–H groups in total. The van der Waals surface area contributed by atoms with Crippen LogP contribution in [0.5, 0.6) is 0 Å². The highest BCUT2D eigenvalue weighted by molar-refractivity contribution is 5.89. The summed E-state index contributed by atoms with van der Waals surface area (Å²) in [5.41, 5.74) is 6.72. The van der Waals surface area contributed by atoms with E-state index in [4.69, 9.17) is 5.73 Å². The first kappa shape index (κ1) is 11.7. The second-order valence-electron chi connectivity index (χ2n) is 5.68. The molecule has 0 aromatic heterocycles. The summed E-state index contributed by atoms with van der Waals surface area (Å²) in [4.78, 5) is 12.0. The number of carbonyl (C=O) groups is 1. The third-order valence-electron chi connectivity index (χ3n) is 4.30. The average molecular weight is 244 g/mol. The maximum Gasteiger partial charge on any atom is 0.240 e. The van der Waals surface area contributed by atoms with Crippen molar-refractivity contribution in [3.8, 4) is 0 Å². The smallest absolute Gasteiger partial charge is 0.240 e. The third kappa shape index (κ3) is 2.15. The van der Waals surface area contributed by atoms with Gasteiger partial charge in [-0.05, 0) is 31.2 Å². The van der Waals surface area contributed by atoms with Gasteiger partial charge in [-0.2, -0.15) is 0 Å². The molecule has 2 unspecified atom stereocenters. The summed E-state index contributed by atoms with van der Waals surface area (Å²) in [7, 11) is 0. The second kappa shape index (κ2) is 4.39. The maximum atomic E-state index is 12.0. The minimum absolute atomic E-state index is 0.0512. The Labute approximate surface area is 108 Å². The van der Waals surface area contributed by atoms with Crippen molar-refractivity contribution in [3.63, 3.8) is 0 Å². The fraction of sp³-hybridized carbons (Fsp3) is 0.533. The molecule has 0 spiro atoms. The van der Waals surface area contributed by atoms with Gasteiger partial charge in [0.2, 0.25) is 5.91 Å². The normalized spacial score (nSPS) is 28.9. The number of nitrogens with two attached hydrogens (primary N) is 1. The van der Waals surface area contributed by atoms with Crippen molar-refractivity contribution in [2.75, 3.05) is 0 Å². The molecule has 1 aromatic carbocycles. The first-order valence-corrected chi connectivity index (χ1v) is 6.84. The van der Waals surface area contributed by atoms with Crippen LogP contribution in [0.2, 0.25) is 0 Å². The van der Waals surface area contributed by atoms with Crippen molar-refractivity contribution < 1.29 is 4.79 Å². The third-order valence-corrected chi connectivity index (χ3v) is 4.30. The number of hydrogen-bond acceptors (Lipinski definition) is 2. The van der Waals surface area contributed by atoms with Crippen LogP contribution in [0.3, 0.4) is 0 Å². The predicted molar refractivity (Wildman–Crippen MR) is 71.1 cm³/mol. The van der Waals surface area contributed by atoms with Crippen molar-refractivity contribution in [3.05, 3.63) is 35.9 Å². The highest BCUT2D eigenvalue weighted by atomic mass is 16.2. The monoisotopic (exact) mass is 244 g/mol. The van der Waals surface area contributed by atoms with Crippen molar-refractivity contribution in [2.24, 2.45) is 5.73 Å². The Balaban J connectivity index is 1.70. The molecule has 2 fully saturated rings. The molecule has 0 saturated heterocycles. The molecule has 0 radical (unpaired) electrons. The van der Waals surface area contributed by atoms with Crippen molar-refractivity contribution in [1.29, 1.82) is 0 Å². The van der Waals surface area contributed by atoms with E-state index in [1.807, 2.05) is 6.07 Å². The fourth-order valence-electron chi connectivity index (χ4n) is 2.91. The molecular formula is C15H20N2O. The number of carbonyl (C=O) groups excluding carboxylic acids is 1. The largest absolute Gasteiger partial charge is 0.351 e. The average Bonchev–Trinajstić information content (AvgIpc) is 2.99. The molecule has 0 heterocycles. The van der Waals surface area contributed by atoms with Gasteiger partial charge in [-0.1, -0.05) is 36.8 Å². The topological polar surface area (TPSA) is 55.1 Å².